The van der Waals surface area contributed by atoms with Gasteiger partial charge in [-0.3, -0.25) is 4.72 Å². The molecule has 0 spiro atoms. The van der Waals surface area contributed by atoms with Crippen molar-refractivity contribution in [3.05, 3.63) is 11.1 Å². The number of nitrogens with zero attached hydrogens (tertiary/aromatic N) is 1. The maximum atomic E-state index is 10.8. The molecule has 8 heteroatoms. The van der Waals surface area contributed by atoms with Crippen LogP contribution in [0.15, 0.2) is 5.38 Å². The van der Waals surface area contributed by atoms with Gasteiger partial charge >= 0.3 is 0 Å². The van der Waals surface area contributed by atoms with Crippen LogP contribution in [0.3, 0.4) is 0 Å². The quantitative estimate of drug-likeness (QED) is 0.707. The number of carbonyl (C=O) groups is 1. The molecule has 1 N–H and O–H groups in total. The maximum Gasteiger partial charge on any atom is 0.231 e. The second kappa shape index (κ2) is 3.93. The van der Waals surface area contributed by atoms with E-state index in [9.17, 15) is 18.3 Å². The summed E-state index contributed by atoms with van der Waals surface area (Å²) in [5.74, 6) is -1.25. The molecule has 6 nitrogen and oxygen atoms in total. The van der Waals surface area contributed by atoms with Crippen molar-refractivity contribution in [2.24, 2.45) is 0 Å². The molecule has 78 valence electrons. The van der Waals surface area contributed by atoms with Crippen molar-refractivity contribution in [3.63, 3.8) is 0 Å². The molecule has 0 atom stereocenters. The first-order chi connectivity index (χ1) is 6.37. The highest BCUT2D eigenvalue weighted by atomic mass is 32.2. The number of anilines is 1. The fourth-order valence-electron chi connectivity index (χ4n) is 0.742. The Morgan fingerprint density at radius 2 is 2.36 bits per heavy atom. The minimum Gasteiger partial charge on any atom is -0.550 e. The number of thiazole rings is 1. The van der Waals surface area contributed by atoms with Crippen LogP contribution >= 0.6 is 11.3 Å². The van der Waals surface area contributed by atoms with Gasteiger partial charge in [-0.1, -0.05) is 0 Å². The predicted octanol–water partition coefficient (Wildman–Crippen LogP) is -1.19. The minimum atomic E-state index is -3.36. The second-order valence-electron chi connectivity index (χ2n) is 2.57. The van der Waals surface area contributed by atoms with Gasteiger partial charge in [-0.2, -0.15) is 0 Å². The first-order valence-electron chi connectivity index (χ1n) is 3.49. The third-order valence-electron chi connectivity index (χ3n) is 1.15. The number of carboxylic acid groups (broad SMARTS) is 1. The van der Waals surface area contributed by atoms with Crippen LogP contribution in [0, 0.1) is 0 Å². The molecule has 1 aromatic rings. The zero-order valence-electron chi connectivity index (χ0n) is 7.18. The van der Waals surface area contributed by atoms with Crippen molar-refractivity contribution < 1.29 is 18.3 Å². The van der Waals surface area contributed by atoms with Crippen LogP contribution in [0.25, 0.3) is 0 Å². The third-order valence-corrected chi connectivity index (χ3v) is 2.65. The number of aromatic nitrogens is 1. The average Bonchev–Trinajstić information content (AvgIpc) is 2.30. The fourth-order valence-corrected chi connectivity index (χ4v) is 2.30. The molecule has 0 aliphatic carbocycles. The van der Waals surface area contributed by atoms with Crippen LogP contribution in [0.4, 0.5) is 5.13 Å². The van der Waals surface area contributed by atoms with Gasteiger partial charge in [0.05, 0.1) is 11.9 Å². The van der Waals surface area contributed by atoms with Crippen molar-refractivity contribution >= 4 is 32.5 Å². The maximum absolute atomic E-state index is 10.8. The molecule has 0 aromatic carbocycles. The van der Waals surface area contributed by atoms with Crippen LogP contribution in [-0.4, -0.2) is 25.6 Å². The Hall–Kier alpha value is -1.15. The summed E-state index contributed by atoms with van der Waals surface area (Å²) >= 11 is 1.03. The molecule has 0 amide bonds. The molecular weight excluding hydrogens is 228 g/mol. The number of hydrogen-bond acceptors (Lipinski definition) is 6. The largest absolute Gasteiger partial charge is 0.550 e. The summed E-state index contributed by atoms with van der Waals surface area (Å²) in [6, 6.07) is 0. The molecule has 0 radical (unpaired) electrons. The molecule has 1 aromatic heterocycles. The van der Waals surface area contributed by atoms with Gasteiger partial charge in [0.2, 0.25) is 10.0 Å². The van der Waals surface area contributed by atoms with E-state index in [4.69, 9.17) is 0 Å². The van der Waals surface area contributed by atoms with E-state index in [1.807, 2.05) is 0 Å². The molecule has 0 saturated heterocycles. The minimum absolute atomic E-state index is 0.156. The lowest BCUT2D eigenvalue weighted by molar-refractivity contribution is -0.304. The number of aliphatic carboxylic acids is 1. The van der Waals surface area contributed by atoms with Crippen molar-refractivity contribution in [3.8, 4) is 0 Å². The van der Waals surface area contributed by atoms with Crippen molar-refractivity contribution in [1.29, 1.82) is 0 Å². The number of sulfonamides is 1. The molecule has 0 aliphatic rings. The summed E-state index contributed by atoms with van der Waals surface area (Å²) in [4.78, 5) is 13.9. The van der Waals surface area contributed by atoms with E-state index in [0.29, 0.717) is 0 Å². The Balaban J connectivity index is 2.74. The van der Waals surface area contributed by atoms with E-state index in [-0.39, 0.29) is 17.2 Å². The predicted molar refractivity (Wildman–Crippen MR) is 49.3 cm³/mol. The summed E-state index contributed by atoms with van der Waals surface area (Å²) in [6.45, 7) is 0. The van der Waals surface area contributed by atoms with Crippen LogP contribution in [0.2, 0.25) is 0 Å². The summed E-state index contributed by atoms with van der Waals surface area (Å²) in [6.07, 6.45) is 0.675. The fraction of sp³-hybridized carbons (Fsp3) is 0.333. The van der Waals surface area contributed by atoms with Gasteiger partial charge in [-0.25, -0.2) is 13.4 Å². The van der Waals surface area contributed by atoms with E-state index in [1.165, 1.54) is 5.38 Å². The van der Waals surface area contributed by atoms with Crippen molar-refractivity contribution in [2.45, 2.75) is 6.42 Å². The Morgan fingerprint density at radius 1 is 1.71 bits per heavy atom. The second-order valence-corrected chi connectivity index (χ2v) is 5.17. The first kappa shape index (κ1) is 10.9. The normalized spacial score (nSPS) is 11.2. The van der Waals surface area contributed by atoms with Crippen LogP contribution < -0.4 is 9.83 Å². The highest BCUT2D eigenvalue weighted by molar-refractivity contribution is 7.92. The Labute approximate surface area is 84.7 Å². The lowest BCUT2D eigenvalue weighted by atomic mass is 10.3. The van der Waals surface area contributed by atoms with Crippen LogP contribution in [-0.2, 0) is 21.2 Å². The van der Waals surface area contributed by atoms with Gasteiger partial charge in [0.1, 0.15) is 0 Å². The van der Waals surface area contributed by atoms with Crippen molar-refractivity contribution in [1.82, 2.24) is 4.98 Å². The van der Waals surface area contributed by atoms with Crippen molar-refractivity contribution in [2.75, 3.05) is 11.0 Å². The number of nitrogens with one attached hydrogen (secondary N) is 1. The molecule has 0 fully saturated rings. The van der Waals surface area contributed by atoms with Gasteiger partial charge in [0.25, 0.3) is 0 Å². The van der Waals surface area contributed by atoms with Crippen LogP contribution in [0.5, 0.6) is 0 Å². The van der Waals surface area contributed by atoms with Gasteiger partial charge in [0, 0.05) is 17.8 Å². The first-order valence-corrected chi connectivity index (χ1v) is 6.26. The van der Waals surface area contributed by atoms with E-state index >= 15 is 0 Å². The molecule has 1 heterocycles. The topological polar surface area (TPSA) is 99.2 Å². The molecule has 0 saturated carbocycles. The third kappa shape index (κ3) is 3.71. The highest BCUT2D eigenvalue weighted by Crippen LogP contribution is 2.16. The number of carboxylic acids is 1. The van der Waals surface area contributed by atoms with E-state index in [0.717, 1.165) is 17.6 Å². The molecular formula is C6H7N2O4S2-. The van der Waals surface area contributed by atoms with Gasteiger partial charge < -0.3 is 9.90 Å². The number of rotatable bonds is 4. The Bertz CT molecular complexity index is 436. The summed E-state index contributed by atoms with van der Waals surface area (Å²) in [5.41, 5.74) is 0.279. The smallest absolute Gasteiger partial charge is 0.231 e. The van der Waals surface area contributed by atoms with E-state index in [1.54, 1.807) is 0 Å². The van der Waals surface area contributed by atoms with E-state index in [2.05, 4.69) is 9.71 Å². The van der Waals surface area contributed by atoms with E-state index < -0.39 is 16.0 Å². The summed E-state index contributed by atoms with van der Waals surface area (Å²) in [5, 5.41) is 11.8. The SMILES string of the molecule is CS(=O)(=O)Nc1nc(CC(=O)[O-])cs1. The monoisotopic (exact) mass is 235 g/mol. The zero-order chi connectivity index (χ0) is 10.8. The zero-order valence-corrected chi connectivity index (χ0v) is 8.81. The molecule has 14 heavy (non-hydrogen) atoms. The van der Waals surface area contributed by atoms with Gasteiger partial charge in [-0.15, -0.1) is 11.3 Å². The number of hydrogen-bond donors (Lipinski definition) is 1. The van der Waals surface area contributed by atoms with Gasteiger partial charge in [-0.05, 0) is 0 Å². The molecule has 0 bridgehead atoms. The van der Waals surface area contributed by atoms with Crippen LogP contribution in [0.1, 0.15) is 5.69 Å². The van der Waals surface area contributed by atoms with Gasteiger partial charge in [0.15, 0.2) is 5.13 Å². The Morgan fingerprint density at radius 3 is 2.86 bits per heavy atom. The lowest BCUT2D eigenvalue weighted by Gasteiger charge is -1.97. The summed E-state index contributed by atoms with van der Waals surface area (Å²) in [7, 11) is -3.36. The molecule has 1 rings (SSSR count). The standard InChI is InChI=1S/C6H8N2O4S2/c1-14(11,12)8-6-7-4(3-13-6)2-5(9)10/h3H,2H2,1H3,(H,7,8)(H,9,10)/p-1. The molecule has 0 unspecified atom stereocenters. The average molecular weight is 235 g/mol. The lowest BCUT2D eigenvalue weighted by Crippen LogP contribution is -2.24. The Kier molecular flexibility index (Phi) is 3.06. The molecule has 0 aliphatic heterocycles. The summed E-state index contributed by atoms with van der Waals surface area (Å²) < 4.78 is 23.7. The highest BCUT2D eigenvalue weighted by Gasteiger charge is 2.06. The number of carbonyl (C=O) groups excluding carboxylic acids is 1.